The molecule has 7 nitrogen and oxygen atoms in total. The summed E-state index contributed by atoms with van der Waals surface area (Å²) in [6.07, 6.45) is 3.54. The summed E-state index contributed by atoms with van der Waals surface area (Å²) in [7, 11) is 0. The first-order valence-electron chi connectivity index (χ1n) is 10.9. The van der Waals surface area contributed by atoms with E-state index < -0.39 is 0 Å². The van der Waals surface area contributed by atoms with Crippen LogP contribution in [-0.2, 0) is 0 Å². The van der Waals surface area contributed by atoms with Crippen molar-refractivity contribution in [2.45, 2.75) is 13.8 Å². The quantitative estimate of drug-likeness (QED) is 0.287. The van der Waals surface area contributed by atoms with Crippen LogP contribution in [0.4, 0.5) is 11.4 Å². The number of aliphatic hydroxyl groups is 1. The van der Waals surface area contributed by atoms with Crippen LogP contribution >= 0.6 is 0 Å². The highest BCUT2D eigenvalue weighted by atomic mass is 16.5. The standard InChI is InChI=1S/C26H27N5O2/c1-17-22-9-10-29-24(22)8-7-23(17)31-26-20(15-27)16-30-18(2)25(26)19-3-5-21(6-4-19)33-14-12-28-11-13-32/h3-10,16,28-29,32H,11-14H2,1-2H3,(H,30,31). The molecule has 0 aliphatic carbocycles. The van der Waals surface area contributed by atoms with Crippen molar-refractivity contribution in [1.82, 2.24) is 15.3 Å². The van der Waals surface area contributed by atoms with Gasteiger partial charge in [-0.2, -0.15) is 5.26 Å². The van der Waals surface area contributed by atoms with E-state index in [0.29, 0.717) is 25.3 Å². The van der Waals surface area contributed by atoms with Crippen LogP contribution in [0, 0.1) is 25.2 Å². The Bertz CT molecular complexity index is 1290. The lowest BCUT2D eigenvalue weighted by Crippen LogP contribution is -2.23. The van der Waals surface area contributed by atoms with Crippen molar-refractivity contribution >= 4 is 22.3 Å². The lowest BCUT2D eigenvalue weighted by molar-refractivity contribution is 0.276. The molecule has 0 radical (unpaired) electrons. The van der Waals surface area contributed by atoms with Crippen molar-refractivity contribution < 1.29 is 9.84 Å². The lowest BCUT2D eigenvalue weighted by atomic mass is 9.99. The molecule has 33 heavy (non-hydrogen) atoms. The number of aromatic nitrogens is 2. The van der Waals surface area contributed by atoms with Gasteiger partial charge in [0, 0.05) is 53.3 Å². The van der Waals surface area contributed by atoms with Gasteiger partial charge in [0.05, 0.1) is 17.9 Å². The fourth-order valence-electron chi connectivity index (χ4n) is 3.89. The molecule has 0 amide bonds. The van der Waals surface area contributed by atoms with Gasteiger partial charge in [-0.1, -0.05) is 12.1 Å². The molecule has 0 unspecified atom stereocenters. The first kappa shape index (κ1) is 22.3. The molecule has 4 N–H and O–H groups in total. The summed E-state index contributed by atoms with van der Waals surface area (Å²) in [4.78, 5) is 7.70. The van der Waals surface area contributed by atoms with Crippen LogP contribution in [0.25, 0.3) is 22.0 Å². The molecule has 4 aromatic rings. The molecule has 4 rings (SSSR count). The molecule has 0 saturated carbocycles. The van der Waals surface area contributed by atoms with Gasteiger partial charge < -0.3 is 25.5 Å². The van der Waals surface area contributed by atoms with Crippen molar-refractivity contribution in [3.63, 3.8) is 0 Å². The second kappa shape index (κ2) is 10.2. The Labute approximate surface area is 193 Å². The first-order chi connectivity index (χ1) is 16.1. The number of nitriles is 1. The van der Waals surface area contributed by atoms with Crippen molar-refractivity contribution in [3.8, 4) is 22.9 Å². The monoisotopic (exact) mass is 441 g/mol. The number of aromatic amines is 1. The molecule has 0 spiro atoms. The van der Waals surface area contributed by atoms with E-state index in [-0.39, 0.29) is 6.61 Å². The fraction of sp³-hybridized carbons (Fsp3) is 0.231. The maximum absolute atomic E-state index is 9.79. The molecule has 0 aliphatic rings. The number of nitrogens with one attached hydrogen (secondary N) is 3. The molecule has 2 heterocycles. The van der Waals surface area contributed by atoms with Crippen molar-refractivity contribution in [1.29, 1.82) is 5.26 Å². The molecule has 7 heteroatoms. The summed E-state index contributed by atoms with van der Waals surface area (Å²) in [5, 5.41) is 26.3. The second-order valence-electron chi connectivity index (χ2n) is 7.77. The largest absolute Gasteiger partial charge is 0.492 e. The highest BCUT2D eigenvalue weighted by Crippen LogP contribution is 2.37. The van der Waals surface area contributed by atoms with E-state index in [1.807, 2.05) is 49.5 Å². The van der Waals surface area contributed by atoms with E-state index in [1.165, 1.54) is 0 Å². The van der Waals surface area contributed by atoms with Crippen LogP contribution < -0.4 is 15.4 Å². The Hall–Kier alpha value is -3.86. The lowest BCUT2D eigenvalue weighted by Gasteiger charge is -2.18. The summed E-state index contributed by atoms with van der Waals surface area (Å²) < 4.78 is 5.76. The SMILES string of the molecule is Cc1ncc(C#N)c(Nc2ccc3[nH]ccc3c2C)c1-c1ccc(OCCNCCO)cc1. The summed E-state index contributed by atoms with van der Waals surface area (Å²) in [6, 6.07) is 16.2. The van der Waals surface area contributed by atoms with E-state index >= 15 is 0 Å². The average Bonchev–Trinajstić information content (AvgIpc) is 3.31. The molecule has 0 fully saturated rings. The number of anilines is 2. The fourth-order valence-corrected chi connectivity index (χ4v) is 3.89. The minimum Gasteiger partial charge on any atom is -0.492 e. The number of fused-ring (bicyclic) bond motifs is 1. The highest BCUT2D eigenvalue weighted by Gasteiger charge is 2.16. The minimum atomic E-state index is 0.110. The zero-order valence-corrected chi connectivity index (χ0v) is 18.8. The predicted octanol–water partition coefficient (Wildman–Crippen LogP) is 4.42. The number of H-pyrrole nitrogens is 1. The van der Waals surface area contributed by atoms with Gasteiger partial charge in [0.2, 0.25) is 0 Å². The smallest absolute Gasteiger partial charge is 0.119 e. The number of ether oxygens (including phenoxy) is 1. The normalized spacial score (nSPS) is 10.8. The van der Waals surface area contributed by atoms with Gasteiger partial charge >= 0.3 is 0 Å². The van der Waals surface area contributed by atoms with Crippen molar-refractivity contribution in [3.05, 3.63) is 71.7 Å². The summed E-state index contributed by atoms with van der Waals surface area (Å²) in [5.74, 6) is 0.759. The molecule has 0 aliphatic heterocycles. The molecular weight excluding hydrogens is 414 g/mol. The molecule has 0 atom stereocenters. The van der Waals surface area contributed by atoms with Gasteiger partial charge in [0.25, 0.3) is 0 Å². The summed E-state index contributed by atoms with van der Waals surface area (Å²) in [6.45, 7) is 5.85. The van der Waals surface area contributed by atoms with Crippen molar-refractivity contribution in [2.75, 3.05) is 31.6 Å². The number of hydrogen-bond donors (Lipinski definition) is 4. The average molecular weight is 442 g/mol. The Balaban J connectivity index is 1.65. The Kier molecular flexibility index (Phi) is 6.89. The van der Waals surface area contributed by atoms with Crippen LogP contribution in [0.5, 0.6) is 5.75 Å². The first-order valence-corrected chi connectivity index (χ1v) is 10.9. The van der Waals surface area contributed by atoms with Gasteiger partial charge in [0.15, 0.2) is 0 Å². The number of rotatable bonds is 9. The number of nitrogens with zero attached hydrogens (tertiary/aromatic N) is 2. The molecule has 168 valence electrons. The van der Waals surface area contributed by atoms with Crippen LogP contribution in [0.2, 0.25) is 0 Å². The molecule has 2 aromatic heterocycles. The number of aliphatic hydroxyl groups excluding tert-OH is 1. The second-order valence-corrected chi connectivity index (χ2v) is 7.77. The van der Waals surface area contributed by atoms with Crippen molar-refractivity contribution in [2.24, 2.45) is 0 Å². The Morgan fingerprint density at radius 3 is 2.67 bits per heavy atom. The molecule has 0 bridgehead atoms. The Morgan fingerprint density at radius 1 is 1.09 bits per heavy atom. The van der Waals surface area contributed by atoms with Gasteiger partial charge in [0.1, 0.15) is 18.4 Å². The van der Waals surface area contributed by atoms with Crippen LogP contribution in [0.3, 0.4) is 0 Å². The molecular formula is C26H27N5O2. The molecule has 0 saturated heterocycles. The minimum absolute atomic E-state index is 0.110. The number of hydrogen-bond acceptors (Lipinski definition) is 6. The van der Waals surface area contributed by atoms with Gasteiger partial charge in [-0.05, 0) is 55.3 Å². The number of benzene rings is 2. The van der Waals surface area contributed by atoms with Gasteiger partial charge in [-0.25, -0.2) is 0 Å². The van der Waals surface area contributed by atoms with E-state index in [2.05, 4.69) is 39.7 Å². The number of pyridine rings is 1. The molecule has 2 aromatic carbocycles. The van der Waals surface area contributed by atoms with Gasteiger partial charge in [-0.3, -0.25) is 4.98 Å². The third kappa shape index (κ3) is 4.82. The maximum Gasteiger partial charge on any atom is 0.119 e. The third-order valence-electron chi connectivity index (χ3n) is 5.63. The maximum atomic E-state index is 9.79. The van der Waals surface area contributed by atoms with Gasteiger partial charge in [-0.15, -0.1) is 0 Å². The summed E-state index contributed by atoms with van der Waals surface area (Å²) in [5.41, 5.74) is 7.02. The highest BCUT2D eigenvalue weighted by molar-refractivity contribution is 5.92. The van der Waals surface area contributed by atoms with E-state index in [4.69, 9.17) is 9.84 Å². The Morgan fingerprint density at radius 2 is 1.91 bits per heavy atom. The van der Waals surface area contributed by atoms with Crippen LogP contribution in [0.1, 0.15) is 16.8 Å². The number of aryl methyl sites for hydroxylation is 2. The van der Waals surface area contributed by atoms with E-state index in [1.54, 1.807) is 6.20 Å². The van der Waals surface area contributed by atoms with Crippen LogP contribution in [-0.4, -0.2) is 41.4 Å². The zero-order valence-electron chi connectivity index (χ0n) is 18.8. The topological polar surface area (TPSA) is 106 Å². The van der Waals surface area contributed by atoms with Crippen LogP contribution in [0.15, 0.2) is 54.9 Å². The third-order valence-corrected chi connectivity index (χ3v) is 5.63. The zero-order chi connectivity index (χ0) is 23.2. The van der Waals surface area contributed by atoms with E-state index in [0.717, 1.165) is 50.4 Å². The predicted molar refractivity (Wildman–Crippen MR) is 131 cm³/mol. The van der Waals surface area contributed by atoms with E-state index in [9.17, 15) is 5.26 Å². The summed E-state index contributed by atoms with van der Waals surface area (Å²) >= 11 is 0.